The fourth-order valence-corrected chi connectivity index (χ4v) is 4.15. The van der Waals surface area contributed by atoms with E-state index < -0.39 is 0 Å². The molecule has 0 saturated carbocycles. The molecule has 156 valence electrons. The standard InChI is InChI=1S/C21H21N3O4S2/c1-27-17-8-6-14(7-9-17)22-20(26)13-30-21-24-16(12-29-21)11-19(25)23-15-4-3-5-18(10-15)28-2/h3-10,12H,11,13H2,1-2H3,(H,22,26)(H,23,25). The summed E-state index contributed by atoms with van der Waals surface area (Å²) in [5.41, 5.74) is 2.04. The van der Waals surface area contributed by atoms with Gasteiger partial charge in [-0.15, -0.1) is 11.3 Å². The third-order valence-corrected chi connectivity index (χ3v) is 6.00. The Morgan fingerprint density at radius 3 is 2.43 bits per heavy atom. The molecule has 7 nitrogen and oxygen atoms in total. The number of amides is 2. The molecule has 0 radical (unpaired) electrons. The van der Waals surface area contributed by atoms with E-state index in [-0.39, 0.29) is 24.0 Å². The van der Waals surface area contributed by atoms with E-state index in [1.54, 1.807) is 50.6 Å². The van der Waals surface area contributed by atoms with Gasteiger partial charge < -0.3 is 20.1 Å². The Kier molecular flexibility index (Phi) is 7.69. The fraction of sp³-hybridized carbons (Fsp3) is 0.190. The first-order valence-electron chi connectivity index (χ1n) is 9.00. The van der Waals surface area contributed by atoms with Gasteiger partial charge in [0.1, 0.15) is 11.5 Å². The lowest BCUT2D eigenvalue weighted by molar-refractivity contribution is -0.116. The Morgan fingerprint density at radius 1 is 0.967 bits per heavy atom. The van der Waals surface area contributed by atoms with Gasteiger partial charge in [-0.2, -0.15) is 0 Å². The van der Waals surface area contributed by atoms with Gasteiger partial charge >= 0.3 is 0 Å². The summed E-state index contributed by atoms with van der Waals surface area (Å²) in [7, 11) is 3.17. The average Bonchev–Trinajstić information content (AvgIpc) is 3.20. The van der Waals surface area contributed by atoms with E-state index in [0.29, 0.717) is 22.8 Å². The molecule has 9 heteroatoms. The molecule has 0 atom stereocenters. The molecule has 1 aromatic heterocycles. The first-order valence-corrected chi connectivity index (χ1v) is 10.9. The van der Waals surface area contributed by atoms with Crippen molar-refractivity contribution < 1.29 is 19.1 Å². The van der Waals surface area contributed by atoms with Crippen LogP contribution in [-0.2, 0) is 16.0 Å². The van der Waals surface area contributed by atoms with Crippen LogP contribution in [0.4, 0.5) is 11.4 Å². The number of carbonyl (C=O) groups is 2. The molecule has 0 spiro atoms. The van der Waals surface area contributed by atoms with Crippen molar-refractivity contribution in [3.8, 4) is 11.5 Å². The van der Waals surface area contributed by atoms with E-state index in [1.165, 1.54) is 23.1 Å². The summed E-state index contributed by atoms with van der Waals surface area (Å²) in [5, 5.41) is 7.48. The van der Waals surface area contributed by atoms with Crippen LogP contribution in [0.1, 0.15) is 5.69 Å². The molecule has 0 unspecified atom stereocenters. The molecule has 1 heterocycles. The molecule has 3 aromatic rings. The Balaban J connectivity index is 1.45. The van der Waals surface area contributed by atoms with Gasteiger partial charge in [0.15, 0.2) is 4.34 Å². The maximum Gasteiger partial charge on any atom is 0.234 e. The Hall–Kier alpha value is -3.04. The number of carbonyl (C=O) groups excluding carboxylic acids is 2. The van der Waals surface area contributed by atoms with Crippen LogP contribution < -0.4 is 20.1 Å². The van der Waals surface area contributed by atoms with E-state index in [9.17, 15) is 9.59 Å². The number of ether oxygens (including phenoxy) is 2. The minimum absolute atomic E-state index is 0.127. The zero-order chi connectivity index (χ0) is 21.3. The molecule has 2 aromatic carbocycles. The monoisotopic (exact) mass is 443 g/mol. The van der Waals surface area contributed by atoms with E-state index in [4.69, 9.17) is 9.47 Å². The summed E-state index contributed by atoms with van der Waals surface area (Å²) < 4.78 is 11.0. The molecular formula is C21H21N3O4S2. The number of methoxy groups -OCH3 is 2. The van der Waals surface area contributed by atoms with Gasteiger partial charge in [0.2, 0.25) is 11.8 Å². The Labute approximate surface area is 182 Å². The van der Waals surface area contributed by atoms with Crippen LogP contribution in [0.25, 0.3) is 0 Å². The number of benzene rings is 2. The maximum absolute atomic E-state index is 12.2. The van der Waals surface area contributed by atoms with Gasteiger partial charge in [0.25, 0.3) is 0 Å². The minimum atomic E-state index is -0.164. The summed E-state index contributed by atoms with van der Waals surface area (Å²) in [6, 6.07) is 14.3. The molecular weight excluding hydrogens is 422 g/mol. The van der Waals surface area contributed by atoms with Gasteiger partial charge in [-0.05, 0) is 36.4 Å². The van der Waals surface area contributed by atoms with Crippen LogP contribution in [-0.4, -0.2) is 36.8 Å². The largest absolute Gasteiger partial charge is 0.497 e. The summed E-state index contributed by atoms with van der Waals surface area (Å²) in [4.78, 5) is 28.8. The molecule has 2 amide bonds. The molecule has 0 aliphatic rings. The molecule has 0 fully saturated rings. The van der Waals surface area contributed by atoms with Gasteiger partial charge in [0.05, 0.1) is 32.1 Å². The van der Waals surface area contributed by atoms with Crippen molar-refractivity contribution in [3.05, 3.63) is 59.6 Å². The summed E-state index contributed by atoms with van der Waals surface area (Å²) in [6.07, 6.45) is 0.159. The normalized spacial score (nSPS) is 10.3. The number of nitrogens with zero attached hydrogens (tertiary/aromatic N) is 1. The second-order valence-corrected chi connectivity index (χ2v) is 8.21. The molecule has 3 rings (SSSR count). The number of rotatable bonds is 9. The topological polar surface area (TPSA) is 89.5 Å². The smallest absolute Gasteiger partial charge is 0.234 e. The van der Waals surface area contributed by atoms with Gasteiger partial charge in [-0.25, -0.2) is 4.98 Å². The highest BCUT2D eigenvalue weighted by atomic mass is 32.2. The predicted molar refractivity (Wildman–Crippen MR) is 120 cm³/mol. The van der Waals surface area contributed by atoms with E-state index in [0.717, 1.165) is 10.1 Å². The highest BCUT2D eigenvalue weighted by Gasteiger charge is 2.11. The number of nitrogens with one attached hydrogen (secondary N) is 2. The maximum atomic E-state index is 12.2. The van der Waals surface area contributed by atoms with Crippen molar-refractivity contribution >= 4 is 46.3 Å². The van der Waals surface area contributed by atoms with Crippen LogP contribution in [0, 0.1) is 0 Å². The highest BCUT2D eigenvalue weighted by molar-refractivity contribution is 8.01. The predicted octanol–water partition coefficient (Wildman–Crippen LogP) is 4.07. The van der Waals surface area contributed by atoms with Crippen LogP contribution in [0.3, 0.4) is 0 Å². The number of thioether (sulfide) groups is 1. The number of aromatic nitrogens is 1. The molecule has 0 saturated heterocycles. The van der Waals surface area contributed by atoms with Crippen LogP contribution in [0.5, 0.6) is 11.5 Å². The van der Waals surface area contributed by atoms with E-state index in [1.807, 2.05) is 17.5 Å². The fourth-order valence-electron chi connectivity index (χ4n) is 2.51. The minimum Gasteiger partial charge on any atom is -0.497 e. The van der Waals surface area contributed by atoms with Gasteiger partial charge in [0, 0.05) is 22.8 Å². The van der Waals surface area contributed by atoms with Crippen molar-refractivity contribution in [2.45, 2.75) is 10.8 Å². The second kappa shape index (κ2) is 10.7. The zero-order valence-corrected chi connectivity index (χ0v) is 18.1. The van der Waals surface area contributed by atoms with Crippen molar-refractivity contribution in [2.75, 3.05) is 30.6 Å². The van der Waals surface area contributed by atoms with E-state index in [2.05, 4.69) is 15.6 Å². The zero-order valence-electron chi connectivity index (χ0n) is 16.5. The first kappa shape index (κ1) is 21.7. The van der Waals surface area contributed by atoms with Crippen molar-refractivity contribution in [3.63, 3.8) is 0 Å². The van der Waals surface area contributed by atoms with Crippen LogP contribution in [0.15, 0.2) is 58.3 Å². The third kappa shape index (κ3) is 6.50. The number of hydrogen-bond acceptors (Lipinski definition) is 7. The summed E-state index contributed by atoms with van der Waals surface area (Å²) >= 11 is 2.75. The highest BCUT2D eigenvalue weighted by Crippen LogP contribution is 2.24. The molecule has 0 aliphatic heterocycles. The Bertz CT molecular complexity index is 1010. The summed E-state index contributed by atoms with van der Waals surface area (Å²) in [6.45, 7) is 0. The first-order chi connectivity index (χ1) is 14.6. The quantitative estimate of drug-likeness (QED) is 0.485. The van der Waals surface area contributed by atoms with Crippen LogP contribution in [0.2, 0.25) is 0 Å². The van der Waals surface area contributed by atoms with Gasteiger partial charge in [-0.1, -0.05) is 17.8 Å². The van der Waals surface area contributed by atoms with Crippen molar-refractivity contribution in [2.24, 2.45) is 0 Å². The second-order valence-electron chi connectivity index (χ2n) is 6.13. The lowest BCUT2D eigenvalue weighted by Crippen LogP contribution is -2.15. The molecule has 0 aliphatic carbocycles. The lowest BCUT2D eigenvalue weighted by Gasteiger charge is -2.06. The average molecular weight is 444 g/mol. The number of thiazole rings is 1. The molecule has 0 bridgehead atoms. The SMILES string of the molecule is COc1ccc(NC(=O)CSc2nc(CC(=O)Nc3cccc(OC)c3)cs2)cc1. The van der Waals surface area contributed by atoms with Crippen molar-refractivity contribution in [1.29, 1.82) is 0 Å². The van der Waals surface area contributed by atoms with Crippen molar-refractivity contribution in [1.82, 2.24) is 4.98 Å². The van der Waals surface area contributed by atoms with E-state index >= 15 is 0 Å². The third-order valence-electron chi connectivity index (χ3n) is 3.93. The molecule has 30 heavy (non-hydrogen) atoms. The molecule has 2 N–H and O–H groups in total. The Morgan fingerprint density at radius 2 is 1.70 bits per heavy atom. The number of hydrogen-bond donors (Lipinski definition) is 2. The van der Waals surface area contributed by atoms with Gasteiger partial charge in [-0.3, -0.25) is 9.59 Å². The number of anilines is 2. The lowest BCUT2D eigenvalue weighted by atomic mass is 10.2. The van der Waals surface area contributed by atoms with Crippen LogP contribution >= 0.6 is 23.1 Å². The summed E-state index contributed by atoms with van der Waals surface area (Å²) in [5.74, 6) is 1.34.